The lowest BCUT2D eigenvalue weighted by Crippen LogP contribution is -2.21. The highest BCUT2D eigenvalue weighted by atomic mass is 16.5. The molecule has 6 heteroatoms. The first-order chi connectivity index (χ1) is 8.25. The number of nitrogens with one attached hydrogen (secondary N) is 1. The van der Waals surface area contributed by atoms with Crippen molar-refractivity contribution in [2.24, 2.45) is 7.05 Å². The molecule has 1 fully saturated rings. The molecule has 90 valence electrons. The van der Waals surface area contributed by atoms with E-state index in [1.807, 2.05) is 11.6 Å². The largest absolute Gasteiger partial charge is 0.339 e. The molecule has 2 aromatic rings. The first-order valence-corrected chi connectivity index (χ1v) is 5.79. The Hall–Kier alpha value is -1.69. The first-order valence-electron chi connectivity index (χ1n) is 5.79. The van der Waals surface area contributed by atoms with Gasteiger partial charge in [-0.3, -0.25) is 0 Å². The second-order valence-electron chi connectivity index (χ2n) is 4.48. The minimum atomic E-state index is 0.324. The van der Waals surface area contributed by atoms with E-state index in [0.717, 1.165) is 24.6 Å². The van der Waals surface area contributed by atoms with Crippen LogP contribution in [0.15, 0.2) is 17.0 Å². The summed E-state index contributed by atoms with van der Waals surface area (Å²) in [6, 6.07) is 0.398. The summed E-state index contributed by atoms with van der Waals surface area (Å²) in [7, 11) is 1.91. The van der Waals surface area contributed by atoms with Crippen molar-refractivity contribution in [2.45, 2.75) is 25.3 Å². The van der Waals surface area contributed by atoms with Crippen LogP contribution in [0.2, 0.25) is 0 Å². The molecule has 0 aliphatic carbocycles. The third-order valence-electron chi connectivity index (χ3n) is 3.33. The Morgan fingerprint density at radius 1 is 1.53 bits per heavy atom. The molecule has 1 N–H and O–H groups in total. The summed E-state index contributed by atoms with van der Waals surface area (Å²) >= 11 is 0. The van der Waals surface area contributed by atoms with E-state index in [0.29, 0.717) is 17.8 Å². The molecule has 0 bridgehead atoms. The summed E-state index contributed by atoms with van der Waals surface area (Å²) in [5.74, 6) is 1.65. The molecule has 0 saturated carbocycles. The number of nitrogens with zero attached hydrogens (tertiary/aromatic N) is 4. The van der Waals surface area contributed by atoms with Gasteiger partial charge in [-0.2, -0.15) is 4.98 Å². The predicted molar refractivity (Wildman–Crippen MR) is 61.3 cm³/mol. The van der Waals surface area contributed by atoms with Crippen molar-refractivity contribution in [3.63, 3.8) is 0 Å². The van der Waals surface area contributed by atoms with Gasteiger partial charge in [-0.25, -0.2) is 4.98 Å². The summed E-state index contributed by atoms with van der Waals surface area (Å²) < 4.78 is 7.24. The minimum Gasteiger partial charge on any atom is -0.339 e. The Morgan fingerprint density at radius 2 is 2.41 bits per heavy atom. The van der Waals surface area contributed by atoms with Gasteiger partial charge in [-0.05, 0) is 19.9 Å². The van der Waals surface area contributed by atoms with Crippen molar-refractivity contribution in [3.05, 3.63) is 18.4 Å². The Morgan fingerprint density at radius 3 is 3.06 bits per heavy atom. The molecule has 3 rings (SSSR count). The molecule has 0 radical (unpaired) electrons. The second-order valence-corrected chi connectivity index (χ2v) is 4.48. The maximum absolute atomic E-state index is 5.36. The average molecular weight is 233 g/mol. The number of aromatic nitrogens is 4. The van der Waals surface area contributed by atoms with Gasteiger partial charge in [0, 0.05) is 13.1 Å². The molecule has 2 atom stereocenters. The summed E-state index contributed by atoms with van der Waals surface area (Å²) in [6.07, 6.45) is 4.52. The van der Waals surface area contributed by atoms with Crippen molar-refractivity contribution in [1.29, 1.82) is 0 Å². The van der Waals surface area contributed by atoms with Gasteiger partial charge in [0.2, 0.25) is 11.7 Å². The van der Waals surface area contributed by atoms with Crippen molar-refractivity contribution in [2.75, 3.05) is 6.54 Å². The lowest BCUT2D eigenvalue weighted by Gasteiger charge is -2.08. The van der Waals surface area contributed by atoms with Gasteiger partial charge in [-0.15, -0.1) is 0 Å². The standard InChI is InChI=1S/C11H15N5O/c1-7-8(3-4-13-7)11-14-10(15-17-11)9-5-12-6-16(9)2/h5-8,13H,3-4H2,1-2H3. The summed E-state index contributed by atoms with van der Waals surface area (Å²) in [4.78, 5) is 8.52. The highest BCUT2D eigenvalue weighted by molar-refractivity contribution is 5.47. The number of hydrogen-bond acceptors (Lipinski definition) is 5. The fourth-order valence-electron chi connectivity index (χ4n) is 2.26. The van der Waals surface area contributed by atoms with Crippen molar-refractivity contribution >= 4 is 0 Å². The van der Waals surface area contributed by atoms with Crippen LogP contribution in [0.1, 0.15) is 25.2 Å². The van der Waals surface area contributed by atoms with E-state index in [4.69, 9.17) is 4.52 Å². The normalized spacial score (nSPS) is 24.4. The third kappa shape index (κ3) is 1.74. The lowest BCUT2D eigenvalue weighted by molar-refractivity contribution is 0.345. The Kier molecular flexibility index (Phi) is 2.44. The maximum Gasteiger partial charge on any atom is 0.231 e. The van der Waals surface area contributed by atoms with E-state index in [1.165, 1.54) is 0 Å². The fraction of sp³-hybridized carbons (Fsp3) is 0.545. The van der Waals surface area contributed by atoms with Gasteiger partial charge in [0.15, 0.2) is 0 Å². The van der Waals surface area contributed by atoms with Gasteiger partial charge < -0.3 is 14.4 Å². The van der Waals surface area contributed by atoms with Crippen molar-refractivity contribution in [3.8, 4) is 11.5 Å². The molecule has 1 aliphatic rings. The fourth-order valence-corrected chi connectivity index (χ4v) is 2.26. The van der Waals surface area contributed by atoms with Crippen LogP contribution in [-0.2, 0) is 7.05 Å². The average Bonchev–Trinajstić information content (AvgIpc) is 2.97. The van der Waals surface area contributed by atoms with Crippen LogP contribution in [-0.4, -0.2) is 32.3 Å². The molecule has 6 nitrogen and oxygen atoms in total. The third-order valence-corrected chi connectivity index (χ3v) is 3.33. The first kappa shape index (κ1) is 10.5. The quantitative estimate of drug-likeness (QED) is 0.835. The van der Waals surface area contributed by atoms with E-state index in [1.54, 1.807) is 12.5 Å². The van der Waals surface area contributed by atoms with Crippen LogP contribution in [0.3, 0.4) is 0 Å². The molecule has 1 saturated heterocycles. The zero-order valence-corrected chi connectivity index (χ0v) is 9.92. The van der Waals surface area contributed by atoms with Crippen LogP contribution < -0.4 is 5.32 Å². The van der Waals surface area contributed by atoms with Crippen LogP contribution in [0.25, 0.3) is 11.5 Å². The highest BCUT2D eigenvalue weighted by Gasteiger charge is 2.29. The summed E-state index contributed by atoms with van der Waals surface area (Å²) in [6.45, 7) is 3.15. The molecule has 0 aromatic carbocycles. The lowest BCUT2D eigenvalue weighted by atomic mass is 10.0. The Labute approximate surface area is 99.0 Å². The topological polar surface area (TPSA) is 68.8 Å². The Balaban J connectivity index is 1.90. The predicted octanol–water partition coefficient (Wildman–Crippen LogP) is 0.935. The van der Waals surface area contributed by atoms with Crippen molar-refractivity contribution in [1.82, 2.24) is 25.0 Å². The van der Waals surface area contributed by atoms with Crippen LogP contribution in [0.5, 0.6) is 0 Å². The SMILES string of the molecule is CC1NCCC1c1nc(-c2cncn2C)no1. The summed E-state index contributed by atoms with van der Waals surface area (Å²) in [5.41, 5.74) is 0.874. The van der Waals surface area contributed by atoms with E-state index in [2.05, 4.69) is 27.4 Å². The van der Waals surface area contributed by atoms with E-state index >= 15 is 0 Å². The van der Waals surface area contributed by atoms with Gasteiger partial charge in [-0.1, -0.05) is 5.16 Å². The summed E-state index contributed by atoms with van der Waals surface area (Å²) in [5, 5.41) is 7.40. The minimum absolute atomic E-state index is 0.324. The van der Waals surface area contributed by atoms with Gasteiger partial charge in [0.1, 0.15) is 5.69 Å². The molecule has 2 unspecified atom stereocenters. The van der Waals surface area contributed by atoms with Gasteiger partial charge in [0.25, 0.3) is 0 Å². The molecular weight excluding hydrogens is 218 g/mol. The smallest absolute Gasteiger partial charge is 0.231 e. The van der Waals surface area contributed by atoms with E-state index < -0.39 is 0 Å². The molecule has 1 aliphatic heterocycles. The molecule has 17 heavy (non-hydrogen) atoms. The van der Waals surface area contributed by atoms with Crippen LogP contribution >= 0.6 is 0 Å². The molecule has 0 amide bonds. The van der Waals surface area contributed by atoms with E-state index in [9.17, 15) is 0 Å². The highest BCUT2D eigenvalue weighted by Crippen LogP contribution is 2.27. The number of hydrogen-bond donors (Lipinski definition) is 1. The van der Waals surface area contributed by atoms with Gasteiger partial charge >= 0.3 is 0 Å². The Bertz CT molecular complexity index is 517. The molecular formula is C11H15N5O. The molecule has 0 spiro atoms. The monoisotopic (exact) mass is 233 g/mol. The molecule has 3 heterocycles. The van der Waals surface area contributed by atoms with Crippen molar-refractivity contribution < 1.29 is 4.52 Å². The maximum atomic E-state index is 5.36. The number of rotatable bonds is 2. The van der Waals surface area contributed by atoms with Crippen LogP contribution in [0.4, 0.5) is 0 Å². The van der Waals surface area contributed by atoms with Gasteiger partial charge in [0.05, 0.1) is 18.4 Å². The zero-order valence-electron chi connectivity index (χ0n) is 9.92. The second kappa shape index (κ2) is 3.96. The zero-order chi connectivity index (χ0) is 11.8. The van der Waals surface area contributed by atoms with E-state index in [-0.39, 0.29) is 0 Å². The number of imidazole rings is 1. The number of aryl methyl sites for hydroxylation is 1. The molecule has 2 aromatic heterocycles. The van der Waals surface area contributed by atoms with Crippen LogP contribution in [0, 0.1) is 0 Å².